The number of primary amides is 1. The van der Waals surface area contributed by atoms with E-state index in [0.29, 0.717) is 19.5 Å². The Morgan fingerprint density at radius 1 is 1.53 bits per heavy atom. The number of hydrogen-bond donors (Lipinski definition) is 2. The first-order chi connectivity index (χ1) is 7.18. The summed E-state index contributed by atoms with van der Waals surface area (Å²) in [5, 5.41) is 12.6. The maximum Gasteiger partial charge on any atom is 0.295 e. The number of nitrogens with one attached hydrogen (secondary N) is 1. The van der Waals surface area contributed by atoms with Crippen LogP contribution in [-0.2, 0) is 4.79 Å². The fraction of sp³-hybridized carbons (Fsp3) is 0.571. The molecule has 15 heavy (non-hydrogen) atoms. The average molecular weight is 210 g/mol. The van der Waals surface area contributed by atoms with Gasteiger partial charge in [0.1, 0.15) is 0 Å². The zero-order valence-electron chi connectivity index (χ0n) is 7.88. The fourth-order valence-corrected chi connectivity index (χ4v) is 1.57. The number of likely N-dealkylation sites (tertiary alicyclic amines) is 1. The van der Waals surface area contributed by atoms with Crippen LogP contribution in [0.1, 0.15) is 17.0 Å². The Morgan fingerprint density at radius 3 is 2.87 bits per heavy atom. The first-order valence-corrected chi connectivity index (χ1v) is 4.50. The summed E-state index contributed by atoms with van der Waals surface area (Å²) in [6, 6.07) is 0. The summed E-state index contributed by atoms with van der Waals surface area (Å²) in [6.07, 6.45) is 0.596. The van der Waals surface area contributed by atoms with Gasteiger partial charge in [-0.3, -0.25) is 9.59 Å². The molecule has 1 fully saturated rings. The largest absolute Gasteiger partial charge is 0.369 e. The van der Waals surface area contributed by atoms with Gasteiger partial charge in [0.15, 0.2) is 0 Å². The van der Waals surface area contributed by atoms with Crippen LogP contribution in [0.4, 0.5) is 0 Å². The van der Waals surface area contributed by atoms with Crippen LogP contribution in [0, 0.1) is 5.92 Å². The van der Waals surface area contributed by atoms with Crippen molar-refractivity contribution in [2.75, 3.05) is 13.1 Å². The quantitative estimate of drug-likeness (QED) is 0.593. The number of aromatic nitrogens is 4. The molecule has 80 valence electrons. The third-order valence-electron chi connectivity index (χ3n) is 2.41. The first kappa shape index (κ1) is 9.56. The van der Waals surface area contributed by atoms with Crippen molar-refractivity contribution in [2.24, 2.45) is 11.7 Å². The van der Waals surface area contributed by atoms with Gasteiger partial charge in [-0.05, 0) is 11.6 Å². The second kappa shape index (κ2) is 3.64. The minimum absolute atomic E-state index is 0.0140. The predicted octanol–water partition coefficient (Wildman–Crippen LogP) is -1.85. The smallest absolute Gasteiger partial charge is 0.295 e. The van der Waals surface area contributed by atoms with Crippen molar-refractivity contribution in [1.82, 2.24) is 25.5 Å². The van der Waals surface area contributed by atoms with Crippen molar-refractivity contribution in [3.8, 4) is 0 Å². The number of carbonyl (C=O) groups excluding carboxylic acids is 2. The van der Waals surface area contributed by atoms with E-state index in [1.165, 1.54) is 4.90 Å². The minimum atomic E-state index is -0.376. The molecule has 8 nitrogen and oxygen atoms in total. The second-order valence-corrected chi connectivity index (χ2v) is 3.37. The van der Waals surface area contributed by atoms with Gasteiger partial charge in [-0.2, -0.15) is 5.21 Å². The Morgan fingerprint density at radius 2 is 2.33 bits per heavy atom. The molecule has 1 atom stereocenters. The third-order valence-corrected chi connectivity index (χ3v) is 2.41. The molecule has 1 saturated heterocycles. The molecule has 1 aromatic rings. The molecule has 8 heteroatoms. The summed E-state index contributed by atoms with van der Waals surface area (Å²) >= 11 is 0. The number of H-pyrrole nitrogens is 1. The summed E-state index contributed by atoms with van der Waals surface area (Å²) < 4.78 is 0. The van der Waals surface area contributed by atoms with Gasteiger partial charge in [-0.1, -0.05) is 0 Å². The maximum atomic E-state index is 11.7. The van der Waals surface area contributed by atoms with E-state index in [9.17, 15) is 9.59 Å². The van der Waals surface area contributed by atoms with E-state index in [4.69, 9.17) is 5.73 Å². The van der Waals surface area contributed by atoms with Crippen molar-refractivity contribution in [2.45, 2.75) is 6.42 Å². The molecule has 0 saturated carbocycles. The van der Waals surface area contributed by atoms with Gasteiger partial charge in [0.25, 0.3) is 11.7 Å². The van der Waals surface area contributed by atoms with Gasteiger partial charge in [-0.25, -0.2) is 0 Å². The Labute approximate surface area is 84.8 Å². The molecule has 0 spiro atoms. The lowest BCUT2D eigenvalue weighted by molar-refractivity contribution is -0.121. The number of rotatable bonds is 2. The van der Waals surface area contributed by atoms with Crippen LogP contribution in [0.15, 0.2) is 0 Å². The second-order valence-electron chi connectivity index (χ2n) is 3.37. The lowest BCUT2D eigenvalue weighted by atomic mass is 10.1. The van der Waals surface area contributed by atoms with Crippen LogP contribution in [0.5, 0.6) is 0 Å². The standard InChI is InChI=1S/C7H10N6O2/c8-5(14)4-1-2-13(3-4)7(15)6-9-11-12-10-6/h4H,1-3H2,(H2,8,14)(H,9,10,11,12). The van der Waals surface area contributed by atoms with E-state index in [0.717, 1.165) is 0 Å². The Hall–Kier alpha value is -1.99. The van der Waals surface area contributed by atoms with E-state index < -0.39 is 0 Å². The lowest BCUT2D eigenvalue weighted by Gasteiger charge is -2.12. The number of nitrogens with zero attached hydrogens (tertiary/aromatic N) is 4. The van der Waals surface area contributed by atoms with Crippen LogP contribution >= 0.6 is 0 Å². The number of aromatic amines is 1. The average Bonchev–Trinajstić information content (AvgIpc) is 2.88. The molecule has 0 aliphatic carbocycles. The fourth-order valence-electron chi connectivity index (χ4n) is 1.57. The summed E-state index contributed by atoms with van der Waals surface area (Å²) in [5.41, 5.74) is 5.15. The van der Waals surface area contributed by atoms with Gasteiger partial charge in [-0.15, -0.1) is 10.2 Å². The van der Waals surface area contributed by atoms with Crippen LogP contribution in [0.25, 0.3) is 0 Å². The SMILES string of the molecule is NC(=O)C1CCN(C(=O)c2nn[nH]n2)C1. The Balaban J connectivity index is 2.02. The van der Waals surface area contributed by atoms with Crippen molar-refractivity contribution >= 4 is 11.8 Å². The van der Waals surface area contributed by atoms with E-state index in [1.807, 2.05) is 0 Å². The molecule has 2 rings (SSSR count). The van der Waals surface area contributed by atoms with Gasteiger partial charge < -0.3 is 10.6 Å². The van der Waals surface area contributed by atoms with Crippen molar-refractivity contribution in [3.63, 3.8) is 0 Å². The number of hydrogen-bond acceptors (Lipinski definition) is 5. The van der Waals surface area contributed by atoms with Crippen LogP contribution in [0.3, 0.4) is 0 Å². The summed E-state index contributed by atoms with van der Waals surface area (Å²) in [6.45, 7) is 0.837. The van der Waals surface area contributed by atoms with Gasteiger partial charge in [0, 0.05) is 13.1 Å². The molecule has 1 aliphatic heterocycles. The van der Waals surface area contributed by atoms with Gasteiger partial charge >= 0.3 is 0 Å². The first-order valence-electron chi connectivity index (χ1n) is 4.50. The summed E-state index contributed by atoms with van der Waals surface area (Å²) in [7, 11) is 0. The minimum Gasteiger partial charge on any atom is -0.369 e. The van der Waals surface area contributed by atoms with E-state index in [-0.39, 0.29) is 23.6 Å². The van der Waals surface area contributed by atoms with E-state index in [1.54, 1.807) is 0 Å². The zero-order valence-corrected chi connectivity index (χ0v) is 7.88. The van der Waals surface area contributed by atoms with Gasteiger partial charge in [0.05, 0.1) is 5.92 Å². The zero-order chi connectivity index (χ0) is 10.8. The lowest BCUT2D eigenvalue weighted by Crippen LogP contribution is -2.32. The number of tetrazole rings is 1. The molecule has 1 aromatic heterocycles. The highest BCUT2D eigenvalue weighted by molar-refractivity contribution is 5.91. The summed E-state index contributed by atoms with van der Waals surface area (Å²) in [4.78, 5) is 24.1. The monoisotopic (exact) mass is 210 g/mol. The molecule has 2 amide bonds. The van der Waals surface area contributed by atoms with Crippen molar-refractivity contribution < 1.29 is 9.59 Å². The molecular weight excluding hydrogens is 200 g/mol. The molecule has 0 radical (unpaired) electrons. The van der Waals surface area contributed by atoms with Crippen molar-refractivity contribution in [3.05, 3.63) is 5.82 Å². The van der Waals surface area contributed by atoms with Gasteiger partial charge in [0.2, 0.25) is 5.91 Å². The van der Waals surface area contributed by atoms with Crippen LogP contribution in [-0.4, -0.2) is 50.4 Å². The third kappa shape index (κ3) is 1.78. The molecular formula is C7H10N6O2. The highest BCUT2D eigenvalue weighted by Crippen LogP contribution is 2.16. The maximum absolute atomic E-state index is 11.7. The van der Waals surface area contributed by atoms with Crippen molar-refractivity contribution in [1.29, 1.82) is 0 Å². The van der Waals surface area contributed by atoms with E-state index in [2.05, 4.69) is 20.6 Å². The van der Waals surface area contributed by atoms with Crippen LogP contribution in [0.2, 0.25) is 0 Å². The highest BCUT2D eigenvalue weighted by atomic mass is 16.2. The molecule has 1 aliphatic rings. The molecule has 1 unspecified atom stereocenters. The molecule has 0 aromatic carbocycles. The highest BCUT2D eigenvalue weighted by Gasteiger charge is 2.31. The normalized spacial score (nSPS) is 20.5. The summed E-state index contributed by atoms with van der Waals surface area (Å²) in [5.74, 6) is -0.952. The Bertz CT molecular complexity index is 375. The molecule has 0 bridgehead atoms. The van der Waals surface area contributed by atoms with E-state index >= 15 is 0 Å². The number of carbonyl (C=O) groups is 2. The Kier molecular flexibility index (Phi) is 2.32. The topological polar surface area (TPSA) is 118 Å². The predicted molar refractivity (Wildman–Crippen MR) is 47.4 cm³/mol. The molecule has 2 heterocycles. The number of amides is 2. The molecule has 3 N–H and O–H groups in total. The van der Waals surface area contributed by atoms with Crippen LogP contribution < -0.4 is 5.73 Å². The number of nitrogens with two attached hydrogens (primary N) is 1.